The number of sulfonamides is 1. The highest BCUT2D eigenvalue weighted by atomic mass is 35.5. The van der Waals surface area contributed by atoms with Gasteiger partial charge in [0.15, 0.2) is 0 Å². The molecule has 0 aliphatic rings. The minimum absolute atomic E-state index is 0.0312. The summed E-state index contributed by atoms with van der Waals surface area (Å²) < 4.78 is 32.1. The molecule has 0 aliphatic heterocycles. The van der Waals surface area contributed by atoms with E-state index in [1.807, 2.05) is 6.92 Å². The first-order chi connectivity index (χ1) is 12.3. The van der Waals surface area contributed by atoms with Crippen molar-refractivity contribution in [3.05, 3.63) is 52.5 Å². The smallest absolute Gasteiger partial charge is 0.240 e. The van der Waals surface area contributed by atoms with Gasteiger partial charge in [-0.25, -0.2) is 13.1 Å². The summed E-state index contributed by atoms with van der Waals surface area (Å²) in [5.41, 5.74) is 0.485. The van der Waals surface area contributed by atoms with E-state index in [9.17, 15) is 13.2 Å². The van der Waals surface area contributed by atoms with Crippen LogP contribution in [0.5, 0.6) is 5.75 Å². The van der Waals surface area contributed by atoms with Crippen LogP contribution in [0.3, 0.4) is 0 Å². The third-order valence-corrected chi connectivity index (χ3v) is 5.51. The summed E-state index contributed by atoms with van der Waals surface area (Å²) in [5.74, 6) is 0.241. The highest BCUT2D eigenvalue weighted by Crippen LogP contribution is 2.25. The van der Waals surface area contributed by atoms with Crippen LogP contribution in [-0.2, 0) is 14.8 Å². The largest absolute Gasteiger partial charge is 0.494 e. The van der Waals surface area contributed by atoms with Crippen LogP contribution < -0.4 is 14.8 Å². The zero-order valence-electron chi connectivity index (χ0n) is 14.0. The Labute approximate surface area is 162 Å². The summed E-state index contributed by atoms with van der Waals surface area (Å²) in [5, 5.41) is 3.33. The van der Waals surface area contributed by atoms with Gasteiger partial charge in [0.25, 0.3) is 0 Å². The SMILES string of the molecule is CCOc1ccc(S(=O)(=O)NCCC(=O)Nc2ccc(Cl)c(Cl)c2)cc1. The molecular formula is C17H18Cl2N2O4S. The lowest BCUT2D eigenvalue weighted by atomic mass is 10.3. The molecule has 0 radical (unpaired) electrons. The molecule has 2 N–H and O–H groups in total. The Bertz CT molecular complexity index is 871. The van der Waals surface area contributed by atoms with Gasteiger partial charge in [-0.1, -0.05) is 23.2 Å². The first-order valence-electron chi connectivity index (χ1n) is 7.79. The fraction of sp³-hybridized carbons (Fsp3) is 0.235. The number of carbonyl (C=O) groups is 1. The lowest BCUT2D eigenvalue weighted by Crippen LogP contribution is -2.27. The average molecular weight is 417 g/mol. The molecule has 2 rings (SSSR count). The molecule has 140 valence electrons. The predicted molar refractivity (Wildman–Crippen MR) is 103 cm³/mol. The number of benzene rings is 2. The zero-order valence-corrected chi connectivity index (χ0v) is 16.3. The third-order valence-electron chi connectivity index (χ3n) is 3.29. The van der Waals surface area contributed by atoms with Crippen molar-refractivity contribution < 1.29 is 17.9 Å². The minimum Gasteiger partial charge on any atom is -0.494 e. The molecule has 6 nitrogen and oxygen atoms in total. The molecule has 1 amide bonds. The van der Waals surface area contributed by atoms with E-state index < -0.39 is 10.0 Å². The van der Waals surface area contributed by atoms with Crippen molar-refractivity contribution in [3.63, 3.8) is 0 Å². The van der Waals surface area contributed by atoms with Crippen LogP contribution in [0.1, 0.15) is 13.3 Å². The van der Waals surface area contributed by atoms with Gasteiger partial charge in [0.05, 0.1) is 21.5 Å². The van der Waals surface area contributed by atoms with Gasteiger partial charge in [-0.3, -0.25) is 4.79 Å². The van der Waals surface area contributed by atoms with Crippen molar-refractivity contribution in [1.29, 1.82) is 0 Å². The van der Waals surface area contributed by atoms with Crippen LogP contribution in [0.2, 0.25) is 10.0 Å². The Morgan fingerprint density at radius 1 is 1.08 bits per heavy atom. The molecule has 0 aliphatic carbocycles. The average Bonchev–Trinajstić information content (AvgIpc) is 2.59. The lowest BCUT2D eigenvalue weighted by molar-refractivity contribution is -0.116. The molecule has 2 aromatic carbocycles. The van der Waals surface area contributed by atoms with Crippen molar-refractivity contribution in [2.75, 3.05) is 18.5 Å². The summed E-state index contributed by atoms with van der Waals surface area (Å²) in [4.78, 5) is 12.0. The molecule has 0 fully saturated rings. The molecule has 0 heterocycles. The Morgan fingerprint density at radius 2 is 1.77 bits per heavy atom. The highest BCUT2D eigenvalue weighted by molar-refractivity contribution is 7.89. The second kappa shape index (κ2) is 9.23. The summed E-state index contributed by atoms with van der Waals surface area (Å²) in [7, 11) is -3.70. The first-order valence-corrected chi connectivity index (χ1v) is 10.0. The Kier molecular flexibility index (Phi) is 7.28. The maximum Gasteiger partial charge on any atom is 0.240 e. The standard InChI is InChI=1S/C17H18Cl2N2O4S/c1-2-25-13-4-6-14(7-5-13)26(23,24)20-10-9-17(22)21-12-3-8-15(18)16(19)11-12/h3-8,11,20H,2,9-10H2,1H3,(H,21,22). The molecule has 0 bridgehead atoms. The van der Waals surface area contributed by atoms with Crippen molar-refractivity contribution >= 4 is 44.8 Å². The fourth-order valence-corrected chi connectivity index (χ4v) is 3.39. The van der Waals surface area contributed by atoms with E-state index in [4.69, 9.17) is 27.9 Å². The van der Waals surface area contributed by atoms with E-state index in [-0.39, 0.29) is 23.8 Å². The summed E-state index contributed by atoms with van der Waals surface area (Å²) in [6, 6.07) is 10.7. The Morgan fingerprint density at radius 3 is 2.38 bits per heavy atom. The lowest BCUT2D eigenvalue weighted by Gasteiger charge is -2.09. The van der Waals surface area contributed by atoms with Crippen LogP contribution in [0.25, 0.3) is 0 Å². The van der Waals surface area contributed by atoms with Crippen LogP contribution in [0.4, 0.5) is 5.69 Å². The topological polar surface area (TPSA) is 84.5 Å². The predicted octanol–water partition coefficient (Wildman–Crippen LogP) is 3.70. The number of halogens is 2. The highest BCUT2D eigenvalue weighted by Gasteiger charge is 2.14. The van der Waals surface area contributed by atoms with Crippen LogP contribution in [-0.4, -0.2) is 27.5 Å². The van der Waals surface area contributed by atoms with E-state index in [0.29, 0.717) is 28.1 Å². The van der Waals surface area contributed by atoms with Gasteiger partial charge in [-0.2, -0.15) is 0 Å². The molecule has 0 saturated carbocycles. The summed E-state index contributed by atoms with van der Waals surface area (Å²) in [6.07, 6.45) is -0.0312. The zero-order chi connectivity index (χ0) is 19.2. The van der Waals surface area contributed by atoms with Crippen molar-refractivity contribution in [2.24, 2.45) is 0 Å². The monoisotopic (exact) mass is 416 g/mol. The van der Waals surface area contributed by atoms with E-state index in [0.717, 1.165) is 0 Å². The van der Waals surface area contributed by atoms with E-state index >= 15 is 0 Å². The van der Waals surface area contributed by atoms with Crippen LogP contribution in [0, 0.1) is 0 Å². The van der Waals surface area contributed by atoms with Crippen molar-refractivity contribution in [2.45, 2.75) is 18.2 Å². The number of hydrogen-bond acceptors (Lipinski definition) is 4. The Hall–Kier alpha value is -1.80. The molecule has 0 saturated heterocycles. The van der Waals surface area contributed by atoms with Crippen LogP contribution >= 0.6 is 23.2 Å². The maximum atomic E-state index is 12.2. The first kappa shape index (κ1) is 20.5. The van der Waals surface area contributed by atoms with Crippen molar-refractivity contribution in [3.8, 4) is 5.75 Å². The van der Waals surface area contributed by atoms with Gasteiger partial charge in [-0.15, -0.1) is 0 Å². The molecule has 9 heteroatoms. The quantitative estimate of drug-likeness (QED) is 0.686. The number of amides is 1. The summed E-state index contributed by atoms with van der Waals surface area (Å²) >= 11 is 11.7. The second-order valence-electron chi connectivity index (χ2n) is 5.23. The number of anilines is 1. The number of hydrogen-bond donors (Lipinski definition) is 2. The second-order valence-corrected chi connectivity index (χ2v) is 7.81. The molecule has 0 spiro atoms. The molecular weight excluding hydrogens is 399 g/mol. The fourth-order valence-electron chi connectivity index (χ4n) is 2.06. The van der Waals surface area contributed by atoms with Gasteiger partial charge in [0, 0.05) is 18.7 Å². The molecule has 26 heavy (non-hydrogen) atoms. The molecule has 0 aromatic heterocycles. The molecule has 0 unspecified atom stereocenters. The molecule has 0 atom stereocenters. The number of nitrogens with one attached hydrogen (secondary N) is 2. The number of ether oxygens (including phenoxy) is 1. The molecule has 2 aromatic rings. The van der Waals surface area contributed by atoms with E-state index in [1.165, 1.54) is 18.2 Å². The summed E-state index contributed by atoms with van der Waals surface area (Å²) in [6.45, 7) is 2.30. The van der Waals surface area contributed by atoms with E-state index in [1.54, 1.807) is 24.3 Å². The third kappa shape index (κ3) is 5.88. The maximum absolute atomic E-state index is 12.2. The van der Waals surface area contributed by atoms with Gasteiger partial charge in [0.2, 0.25) is 15.9 Å². The van der Waals surface area contributed by atoms with Gasteiger partial charge in [-0.05, 0) is 49.4 Å². The van der Waals surface area contributed by atoms with Gasteiger partial charge < -0.3 is 10.1 Å². The number of carbonyl (C=O) groups excluding carboxylic acids is 1. The Balaban J connectivity index is 1.87. The van der Waals surface area contributed by atoms with E-state index in [2.05, 4.69) is 10.0 Å². The minimum atomic E-state index is -3.70. The normalized spacial score (nSPS) is 11.2. The van der Waals surface area contributed by atoms with Gasteiger partial charge >= 0.3 is 0 Å². The van der Waals surface area contributed by atoms with Gasteiger partial charge in [0.1, 0.15) is 5.75 Å². The van der Waals surface area contributed by atoms with Crippen LogP contribution in [0.15, 0.2) is 47.4 Å². The van der Waals surface area contributed by atoms with Crippen molar-refractivity contribution in [1.82, 2.24) is 4.72 Å². The number of rotatable bonds is 8.